The van der Waals surface area contributed by atoms with Crippen LogP contribution in [0.1, 0.15) is 31.2 Å². The number of likely N-dealkylation sites (tertiary alicyclic amines) is 1. The average molecular weight is 365 g/mol. The summed E-state index contributed by atoms with van der Waals surface area (Å²) in [6.07, 6.45) is 5.18. The number of guanidine groups is 1. The van der Waals surface area contributed by atoms with Crippen molar-refractivity contribution in [3.05, 3.63) is 35.6 Å². The van der Waals surface area contributed by atoms with E-state index in [1.54, 1.807) is 19.2 Å². The number of halogens is 1. The van der Waals surface area contributed by atoms with Crippen LogP contribution in [-0.4, -0.2) is 63.8 Å². The van der Waals surface area contributed by atoms with Crippen molar-refractivity contribution < 1.29 is 9.13 Å². The summed E-state index contributed by atoms with van der Waals surface area (Å²) < 4.78 is 18.3. The molecule has 1 heterocycles. The molecule has 26 heavy (non-hydrogen) atoms. The third-order valence-electron chi connectivity index (χ3n) is 4.80. The summed E-state index contributed by atoms with van der Waals surface area (Å²) in [5, 5.41) is 6.90. The third-order valence-corrected chi connectivity index (χ3v) is 4.80. The van der Waals surface area contributed by atoms with Gasteiger partial charge in [0, 0.05) is 53.0 Å². The molecular formula is C20H33FN4O. The van der Waals surface area contributed by atoms with Gasteiger partial charge in [0.1, 0.15) is 5.82 Å². The maximum Gasteiger partial charge on any atom is 0.191 e. The van der Waals surface area contributed by atoms with Crippen molar-refractivity contribution in [2.24, 2.45) is 4.99 Å². The molecule has 0 saturated carbocycles. The summed E-state index contributed by atoms with van der Waals surface area (Å²) >= 11 is 0. The molecule has 2 N–H and O–H groups in total. The number of hydrogen-bond acceptors (Lipinski definition) is 3. The quantitative estimate of drug-likeness (QED) is 0.401. The van der Waals surface area contributed by atoms with Gasteiger partial charge in [0.25, 0.3) is 0 Å². The normalized spacial score (nSPS) is 16.7. The lowest BCUT2D eigenvalue weighted by atomic mass is 10.1. The van der Waals surface area contributed by atoms with Crippen molar-refractivity contribution >= 4 is 5.96 Å². The van der Waals surface area contributed by atoms with E-state index in [9.17, 15) is 4.39 Å². The number of ether oxygens (including phenoxy) is 1. The summed E-state index contributed by atoms with van der Waals surface area (Å²) in [6, 6.07) is 7.30. The van der Waals surface area contributed by atoms with Gasteiger partial charge in [0.15, 0.2) is 5.96 Å². The van der Waals surface area contributed by atoms with E-state index in [-0.39, 0.29) is 5.82 Å². The first-order chi connectivity index (χ1) is 12.7. The van der Waals surface area contributed by atoms with Crippen molar-refractivity contribution in [2.75, 3.05) is 46.9 Å². The lowest BCUT2D eigenvalue weighted by Crippen LogP contribution is -2.49. The molecule has 6 heteroatoms. The minimum atomic E-state index is -0.165. The van der Waals surface area contributed by atoms with E-state index in [2.05, 4.69) is 20.5 Å². The van der Waals surface area contributed by atoms with E-state index in [0.29, 0.717) is 6.04 Å². The topological polar surface area (TPSA) is 48.9 Å². The highest BCUT2D eigenvalue weighted by atomic mass is 19.1. The second-order valence-corrected chi connectivity index (χ2v) is 6.84. The average Bonchev–Trinajstić information content (AvgIpc) is 2.66. The van der Waals surface area contributed by atoms with Crippen LogP contribution in [0, 0.1) is 5.82 Å². The molecule has 1 aliphatic heterocycles. The van der Waals surface area contributed by atoms with E-state index >= 15 is 0 Å². The first-order valence-electron chi connectivity index (χ1n) is 9.64. The molecule has 0 aromatic heterocycles. The zero-order valence-corrected chi connectivity index (χ0v) is 16.1. The second-order valence-electron chi connectivity index (χ2n) is 6.84. The van der Waals surface area contributed by atoms with E-state index in [1.165, 1.54) is 6.07 Å². The van der Waals surface area contributed by atoms with Gasteiger partial charge < -0.3 is 20.3 Å². The number of nitrogens with zero attached hydrogens (tertiary/aromatic N) is 2. The minimum absolute atomic E-state index is 0.165. The van der Waals surface area contributed by atoms with E-state index in [4.69, 9.17) is 4.74 Å². The van der Waals surface area contributed by atoms with Crippen LogP contribution in [0.25, 0.3) is 0 Å². The predicted octanol–water partition coefficient (Wildman–Crippen LogP) is 2.42. The molecule has 0 spiro atoms. The Kier molecular flexibility index (Phi) is 9.42. The first-order valence-corrected chi connectivity index (χ1v) is 9.64. The molecule has 2 rings (SSSR count). The van der Waals surface area contributed by atoms with Crippen LogP contribution in [0.4, 0.5) is 4.39 Å². The Morgan fingerprint density at radius 1 is 1.31 bits per heavy atom. The largest absolute Gasteiger partial charge is 0.385 e. The van der Waals surface area contributed by atoms with Crippen LogP contribution < -0.4 is 10.6 Å². The Balaban J connectivity index is 1.61. The monoisotopic (exact) mass is 364 g/mol. The lowest BCUT2D eigenvalue weighted by molar-refractivity contribution is 0.155. The predicted molar refractivity (Wildman–Crippen MR) is 105 cm³/mol. The molecule has 146 valence electrons. The lowest BCUT2D eigenvalue weighted by Gasteiger charge is -2.33. The SMILES string of the molecule is CN=C(NCCCc1cccc(F)c1)NC1CCN(CCCOC)CC1. The molecule has 0 bridgehead atoms. The van der Waals surface area contributed by atoms with Gasteiger partial charge in [-0.3, -0.25) is 4.99 Å². The van der Waals surface area contributed by atoms with Crippen molar-refractivity contribution in [1.29, 1.82) is 0 Å². The Bertz CT molecular complexity index is 544. The summed E-state index contributed by atoms with van der Waals surface area (Å²) in [4.78, 5) is 6.83. The molecule has 0 amide bonds. The Morgan fingerprint density at radius 2 is 2.12 bits per heavy atom. The van der Waals surface area contributed by atoms with E-state index in [0.717, 1.165) is 76.4 Å². The number of rotatable bonds is 9. The molecule has 0 radical (unpaired) electrons. The number of aliphatic imine (C=N–C) groups is 1. The number of nitrogens with one attached hydrogen (secondary N) is 2. The van der Waals surface area contributed by atoms with Crippen LogP contribution in [0.3, 0.4) is 0 Å². The van der Waals surface area contributed by atoms with Gasteiger partial charge in [-0.15, -0.1) is 0 Å². The fourth-order valence-corrected chi connectivity index (χ4v) is 3.31. The number of benzene rings is 1. The number of piperidine rings is 1. The third kappa shape index (κ3) is 7.70. The first kappa shape index (κ1) is 20.6. The highest BCUT2D eigenvalue weighted by molar-refractivity contribution is 5.79. The summed E-state index contributed by atoms with van der Waals surface area (Å²) in [7, 11) is 3.56. The number of aryl methyl sites for hydroxylation is 1. The van der Waals surface area contributed by atoms with Gasteiger partial charge in [-0.1, -0.05) is 12.1 Å². The molecule has 5 nitrogen and oxygen atoms in total. The number of hydrogen-bond donors (Lipinski definition) is 2. The van der Waals surface area contributed by atoms with Gasteiger partial charge in [-0.25, -0.2) is 4.39 Å². The van der Waals surface area contributed by atoms with E-state index in [1.807, 2.05) is 13.1 Å². The molecule has 1 saturated heterocycles. The van der Waals surface area contributed by atoms with Gasteiger partial charge in [-0.2, -0.15) is 0 Å². The smallest absolute Gasteiger partial charge is 0.191 e. The van der Waals surface area contributed by atoms with Crippen LogP contribution in [0.5, 0.6) is 0 Å². The van der Waals surface area contributed by atoms with Crippen LogP contribution in [0.15, 0.2) is 29.3 Å². The Labute approximate surface area is 157 Å². The van der Waals surface area contributed by atoms with Crippen LogP contribution in [-0.2, 0) is 11.2 Å². The van der Waals surface area contributed by atoms with Crippen molar-refractivity contribution in [3.63, 3.8) is 0 Å². The van der Waals surface area contributed by atoms with Crippen molar-refractivity contribution in [1.82, 2.24) is 15.5 Å². The second kappa shape index (κ2) is 11.9. The van der Waals surface area contributed by atoms with Gasteiger partial charge >= 0.3 is 0 Å². The molecule has 1 aromatic rings. The molecular weight excluding hydrogens is 331 g/mol. The fraction of sp³-hybridized carbons (Fsp3) is 0.650. The molecule has 1 aromatic carbocycles. The van der Waals surface area contributed by atoms with Gasteiger partial charge in [-0.05, 0) is 49.8 Å². The highest BCUT2D eigenvalue weighted by Gasteiger charge is 2.19. The summed E-state index contributed by atoms with van der Waals surface area (Å²) in [5.41, 5.74) is 1.04. The number of methoxy groups -OCH3 is 1. The summed E-state index contributed by atoms with van der Waals surface area (Å²) in [6.45, 7) is 5.03. The molecule has 1 fully saturated rings. The van der Waals surface area contributed by atoms with Gasteiger partial charge in [0.2, 0.25) is 0 Å². The molecule has 0 unspecified atom stereocenters. The Hall–Kier alpha value is -1.66. The van der Waals surface area contributed by atoms with Crippen LogP contribution >= 0.6 is 0 Å². The molecule has 1 aliphatic rings. The maximum atomic E-state index is 13.2. The standard InChI is InChI=1S/C20H33FN4O/c1-22-20(23-11-4-7-17-6-3-8-18(21)16-17)24-19-9-13-25(14-10-19)12-5-15-26-2/h3,6,8,16,19H,4-5,7,9-15H2,1-2H3,(H2,22,23,24). The molecule has 0 aliphatic carbocycles. The highest BCUT2D eigenvalue weighted by Crippen LogP contribution is 2.10. The zero-order valence-electron chi connectivity index (χ0n) is 16.1. The Morgan fingerprint density at radius 3 is 2.81 bits per heavy atom. The minimum Gasteiger partial charge on any atom is -0.385 e. The van der Waals surface area contributed by atoms with Crippen molar-refractivity contribution in [3.8, 4) is 0 Å². The summed E-state index contributed by atoms with van der Waals surface area (Å²) in [5.74, 6) is 0.698. The van der Waals surface area contributed by atoms with Gasteiger partial charge in [0.05, 0.1) is 0 Å². The fourth-order valence-electron chi connectivity index (χ4n) is 3.31. The van der Waals surface area contributed by atoms with Crippen molar-refractivity contribution in [2.45, 2.75) is 38.1 Å². The maximum absolute atomic E-state index is 13.2. The van der Waals surface area contributed by atoms with E-state index < -0.39 is 0 Å². The van der Waals surface area contributed by atoms with Crippen LogP contribution in [0.2, 0.25) is 0 Å². The zero-order chi connectivity index (χ0) is 18.6. The molecule has 0 atom stereocenters.